The molecule has 42 heteroatoms. The van der Waals surface area contributed by atoms with Crippen molar-refractivity contribution in [1.29, 1.82) is 0 Å². The number of hydrogen-bond acceptors (Lipinski definition) is 28. The number of aliphatic hydroxyl groups excluding tert-OH is 2. The Morgan fingerprint density at radius 1 is 0.424 bits per heavy atom. The molecule has 6 aromatic rings. The van der Waals surface area contributed by atoms with Crippen LogP contribution in [-0.2, 0) is 70.3 Å². The molecule has 2 aromatic heterocycles. The van der Waals surface area contributed by atoms with Gasteiger partial charge in [-0.3, -0.25) is 36.9 Å². The van der Waals surface area contributed by atoms with Gasteiger partial charge in [0.1, 0.15) is 9.79 Å². The Morgan fingerprint density at radius 3 is 0.989 bits per heavy atom. The molecular formula is C50H62N14O22S6. The zero-order chi connectivity index (χ0) is 68.4. The van der Waals surface area contributed by atoms with Crippen molar-refractivity contribution >= 4 is 143 Å². The minimum atomic E-state index is -5.17. The van der Waals surface area contributed by atoms with Crippen LogP contribution in [0, 0.1) is 0 Å². The van der Waals surface area contributed by atoms with Crippen LogP contribution in [0.3, 0.4) is 0 Å². The number of aromatic nitrogens is 6. The van der Waals surface area contributed by atoms with Crippen LogP contribution >= 0.6 is 0 Å². The maximum Gasteiger partial charge on any atom is 0.295 e. The monoisotopic (exact) mass is 1400 g/mol. The molecule has 2 heterocycles. The quantitative estimate of drug-likeness (QED) is 0.0212. The smallest absolute Gasteiger partial charge is 0.295 e. The molecular weight excluding hydrogens is 1340 g/mol. The molecule has 0 atom stereocenters. The average Bonchev–Trinajstić information content (AvgIpc) is 0.834. The Labute approximate surface area is 527 Å². The molecule has 0 saturated carbocycles. The summed E-state index contributed by atoms with van der Waals surface area (Å²) in [5.74, 6) is -4.80. The van der Waals surface area contributed by atoms with Crippen LogP contribution in [0.5, 0.6) is 0 Å². The predicted molar refractivity (Wildman–Crippen MR) is 332 cm³/mol. The van der Waals surface area contributed by atoms with Gasteiger partial charge >= 0.3 is 0 Å². The number of aliphatic hydroxyl groups is 2. The standard InChI is InChI=1S/C50H62N14O22S6/c1-49(2,29-87(69,70)71)61-41(67)19-21-63(23-25-65)47-57-43(51-33-11-15-37(16-12-33)89(75,76)77)55-45(59-47)53-35-9-7-31(39(27-35)91(81,82)83)5-6-32-8-10-36(28-40(32)92(84,85)86)54-46-56-44(52-34-13-17-38(18-14-34)90(78,79)80)58-48(60-46)64(24-26-66)22-20-42(68)62-50(3,4)30-88(72,73)74/h5-18,27-28,65-66H,19-26,29-30H2,1-4H3,(H,61,67)(H,62,68)(H,69,70,71)(H,72,73,74)(H,75,76,77)(H,78,79,80)(H,81,82,83)(H,84,85,86)(H2,51,53,55,57,59)(H2,52,54,56,58,60)/b6-5+. The molecule has 0 aliphatic rings. The second-order valence-electron chi connectivity index (χ2n) is 21.1. The van der Waals surface area contributed by atoms with Crippen LogP contribution in [0.1, 0.15) is 51.7 Å². The third-order valence-electron chi connectivity index (χ3n) is 12.2. The largest absolute Gasteiger partial charge is 0.395 e. The summed E-state index contributed by atoms with van der Waals surface area (Å²) in [5.41, 5.74) is -3.33. The van der Waals surface area contributed by atoms with Gasteiger partial charge in [0.05, 0.1) is 45.6 Å². The fraction of sp³-hybridized carbons (Fsp3) is 0.320. The molecule has 6 rings (SSSR count). The van der Waals surface area contributed by atoms with E-state index in [2.05, 4.69) is 61.8 Å². The van der Waals surface area contributed by atoms with Crippen molar-refractivity contribution in [1.82, 2.24) is 40.5 Å². The van der Waals surface area contributed by atoms with Gasteiger partial charge in [-0.05, 0) is 112 Å². The summed E-state index contributed by atoms with van der Waals surface area (Å²) >= 11 is 0. The Balaban J connectivity index is 1.33. The van der Waals surface area contributed by atoms with Gasteiger partial charge in [-0.25, -0.2) is 0 Å². The minimum absolute atomic E-state index is 0.128. The molecule has 0 aliphatic carbocycles. The van der Waals surface area contributed by atoms with Gasteiger partial charge in [-0.15, -0.1) is 0 Å². The molecule has 36 nitrogen and oxygen atoms in total. The van der Waals surface area contributed by atoms with Gasteiger partial charge in [-0.2, -0.15) is 80.4 Å². The van der Waals surface area contributed by atoms with Crippen LogP contribution in [0.15, 0.2) is 105 Å². The molecule has 0 aliphatic heterocycles. The van der Waals surface area contributed by atoms with Crippen molar-refractivity contribution in [3.05, 3.63) is 96.1 Å². The number of rotatable bonds is 32. The molecule has 2 amide bonds. The summed E-state index contributed by atoms with van der Waals surface area (Å²) in [6, 6.07) is 15.8. The first-order valence-corrected chi connectivity index (χ1v) is 35.3. The van der Waals surface area contributed by atoms with E-state index in [0.717, 1.165) is 60.7 Å². The van der Waals surface area contributed by atoms with Crippen molar-refractivity contribution in [2.24, 2.45) is 0 Å². The fourth-order valence-corrected chi connectivity index (χ4v) is 12.8. The second kappa shape index (κ2) is 29.2. The first-order valence-electron chi connectivity index (χ1n) is 26.4. The van der Waals surface area contributed by atoms with E-state index in [1.807, 2.05) is 0 Å². The fourth-order valence-electron chi connectivity index (χ4n) is 8.50. The number of benzene rings is 4. The SMILES string of the molecule is CC(C)(CS(=O)(=O)O)NC(=O)CCN(CCO)c1nc(Nc2ccc(S(=O)(=O)O)cc2)nc(Nc2ccc(/C=C/c3ccc(Nc4nc(Nc5ccc(S(=O)(=O)O)cc5)nc(N(CCO)CCC(=O)NC(C)(C)CS(=O)(=O)O)n4)cc3S(=O)(=O)O)c(S(=O)(=O)O)c2)n1. The van der Waals surface area contributed by atoms with Gasteiger partial charge in [0.15, 0.2) is 0 Å². The zero-order valence-electron chi connectivity index (χ0n) is 48.6. The molecule has 500 valence electrons. The second-order valence-corrected chi connectivity index (χ2v) is 29.6. The number of anilines is 10. The van der Waals surface area contributed by atoms with Crippen molar-refractivity contribution in [2.45, 2.75) is 71.2 Å². The van der Waals surface area contributed by atoms with E-state index in [-0.39, 0.29) is 109 Å². The summed E-state index contributed by atoms with van der Waals surface area (Å²) < 4.78 is 204. The van der Waals surface area contributed by atoms with E-state index in [0.29, 0.717) is 0 Å². The van der Waals surface area contributed by atoms with Crippen LogP contribution in [0.2, 0.25) is 0 Å². The maximum atomic E-state index is 13.0. The summed E-state index contributed by atoms with van der Waals surface area (Å²) in [6.07, 6.45) is 1.41. The van der Waals surface area contributed by atoms with E-state index in [1.165, 1.54) is 73.9 Å². The Morgan fingerprint density at radius 2 is 0.717 bits per heavy atom. The van der Waals surface area contributed by atoms with E-state index < -0.39 is 128 Å². The molecule has 4 aromatic carbocycles. The highest BCUT2D eigenvalue weighted by Crippen LogP contribution is 2.30. The van der Waals surface area contributed by atoms with Crippen LogP contribution in [-0.4, -0.2) is 192 Å². The number of amides is 2. The highest BCUT2D eigenvalue weighted by Gasteiger charge is 2.29. The number of carbonyl (C=O) groups excluding carboxylic acids is 2. The lowest BCUT2D eigenvalue weighted by atomic mass is 10.1. The van der Waals surface area contributed by atoms with Crippen molar-refractivity contribution < 1.29 is 97.6 Å². The maximum absolute atomic E-state index is 13.0. The minimum Gasteiger partial charge on any atom is -0.395 e. The number of nitrogens with one attached hydrogen (secondary N) is 6. The molecule has 0 bridgehead atoms. The van der Waals surface area contributed by atoms with Gasteiger partial charge < -0.3 is 51.9 Å². The summed E-state index contributed by atoms with van der Waals surface area (Å²) in [5, 5.41) is 36.2. The van der Waals surface area contributed by atoms with Gasteiger partial charge in [0.2, 0.25) is 47.5 Å². The zero-order valence-corrected chi connectivity index (χ0v) is 53.5. The van der Waals surface area contributed by atoms with E-state index in [1.54, 1.807) is 0 Å². The van der Waals surface area contributed by atoms with Crippen LogP contribution in [0.4, 0.5) is 58.4 Å². The van der Waals surface area contributed by atoms with Crippen LogP contribution in [0.25, 0.3) is 12.2 Å². The summed E-state index contributed by atoms with van der Waals surface area (Å²) in [7, 11) is -28.6. The third kappa shape index (κ3) is 22.9. The van der Waals surface area contributed by atoms with Crippen molar-refractivity contribution in [3.8, 4) is 0 Å². The lowest BCUT2D eigenvalue weighted by Crippen LogP contribution is -2.49. The van der Waals surface area contributed by atoms with Crippen molar-refractivity contribution in [2.75, 3.05) is 82.0 Å². The predicted octanol–water partition coefficient (Wildman–Crippen LogP) is 2.13. The lowest BCUT2D eigenvalue weighted by molar-refractivity contribution is -0.123. The van der Waals surface area contributed by atoms with Gasteiger partial charge in [0, 0.05) is 61.8 Å². The third-order valence-corrected chi connectivity index (χ3v) is 17.9. The first-order chi connectivity index (χ1) is 42.5. The Bertz CT molecular complexity index is 4170. The molecule has 0 radical (unpaired) electrons. The Kier molecular flexibility index (Phi) is 23.1. The highest BCUT2D eigenvalue weighted by molar-refractivity contribution is 7.87. The van der Waals surface area contributed by atoms with Gasteiger partial charge in [0.25, 0.3) is 60.7 Å². The van der Waals surface area contributed by atoms with Crippen molar-refractivity contribution in [3.63, 3.8) is 0 Å². The summed E-state index contributed by atoms with van der Waals surface area (Å²) in [6.45, 7) is 3.38. The van der Waals surface area contributed by atoms with E-state index >= 15 is 0 Å². The average molecular weight is 1400 g/mol. The van der Waals surface area contributed by atoms with Gasteiger partial charge in [-0.1, -0.05) is 24.3 Å². The number of nitrogens with zero attached hydrogens (tertiary/aromatic N) is 8. The topological polar surface area (TPSA) is 557 Å². The first kappa shape index (κ1) is 72.8. The summed E-state index contributed by atoms with van der Waals surface area (Å²) in [4.78, 5) is 52.2. The molecule has 0 fully saturated rings. The highest BCUT2D eigenvalue weighted by atomic mass is 32.2. The number of hydrogen-bond donors (Lipinski definition) is 14. The lowest BCUT2D eigenvalue weighted by Gasteiger charge is -2.26. The Hall–Kier alpha value is -8.24. The molecule has 0 spiro atoms. The number of carbonyl (C=O) groups is 2. The normalized spacial score (nSPS) is 12.7. The molecule has 0 saturated heterocycles. The van der Waals surface area contributed by atoms with E-state index in [9.17, 15) is 97.6 Å². The molecule has 14 N–H and O–H groups in total. The van der Waals surface area contributed by atoms with E-state index in [4.69, 9.17) is 0 Å². The van der Waals surface area contributed by atoms with Crippen LogP contribution < -0.4 is 41.7 Å². The molecule has 0 unspecified atom stereocenters. The molecule has 92 heavy (non-hydrogen) atoms.